The number of carbonyl (C=O) groups is 1. The highest BCUT2D eigenvalue weighted by atomic mass is 16.5. The predicted octanol–water partition coefficient (Wildman–Crippen LogP) is 6.76. The van der Waals surface area contributed by atoms with Gasteiger partial charge in [-0.15, -0.1) is 0 Å². The Morgan fingerprint density at radius 3 is 2.35 bits per heavy atom. The molecular weight excluding hydrogens is 498 g/mol. The fourth-order valence-corrected chi connectivity index (χ4v) is 4.39. The van der Waals surface area contributed by atoms with Gasteiger partial charge in [0.1, 0.15) is 18.1 Å². The fourth-order valence-electron chi connectivity index (χ4n) is 4.39. The van der Waals surface area contributed by atoms with Crippen LogP contribution in [-0.4, -0.2) is 22.8 Å². The number of methoxy groups -OCH3 is 1. The molecule has 1 N–H and O–H groups in total. The van der Waals surface area contributed by atoms with Crippen molar-refractivity contribution in [2.75, 3.05) is 7.11 Å². The molecule has 0 aliphatic heterocycles. The van der Waals surface area contributed by atoms with Crippen LogP contribution in [0.1, 0.15) is 22.3 Å². The van der Waals surface area contributed by atoms with Gasteiger partial charge in [0, 0.05) is 35.5 Å². The smallest absolute Gasteiger partial charge is 0.244 e. The lowest BCUT2D eigenvalue weighted by Gasteiger charge is -2.12. The number of amides is 1. The lowest BCUT2D eigenvalue weighted by Crippen LogP contribution is -2.20. The highest BCUT2D eigenvalue weighted by Gasteiger charge is 2.13. The van der Waals surface area contributed by atoms with Gasteiger partial charge in [-0.2, -0.15) is 5.10 Å². The zero-order valence-corrected chi connectivity index (χ0v) is 22.6. The molecule has 0 spiro atoms. The lowest BCUT2D eigenvalue weighted by atomic mass is 10.1. The van der Waals surface area contributed by atoms with Crippen LogP contribution in [0, 0.1) is 6.92 Å². The van der Waals surface area contributed by atoms with Gasteiger partial charge in [-0.05, 0) is 54.5 Å². The number of carbonyl (C=O) groups excluding carboxylic acids is 1. The molecule has 6 heteroatoms. The highest BCUT2D eigenvalue weighted by Crippen LogP contribution is 2.25. The van der Waals surface area contributed by atoms with E-state index in [4.69, 9.17) is 14.6 Å². The SMILES string of the molecule is COc1ccc(/C=C/C(=O)NCc2cn(-c3ccccc3)nc2-c2ccccc2)cc1COc1ccccc1C. The Balaban J connectivity index is 1.28. The molecule has 0 aliphatic carbocycles. The van der Waals surface area contributed by atoms with Crippen LogP contribution in [0.15, 0.2) is 115 Å². The van der Waals surface area contributed by atoms with E-state index in [0.29, 0.717) is 13.2 Å². The van der Waals surface area contributed by atoms with Crippen molar-refractivity contribution in [3.8, 4) is 28.4 Å². The third-order valence-electron chi connectivity index (χ3n) is 6.52. The molecule has 0 unspecified atom stereocenters. The van der Waals surface area contributed by atoms with E-state index in [1.165, 1.54) is 6.08 Å². The van der Waals surface area contributed by atoms with Crippen LogP contribution < -0.4 is 14.8 Å². The number of aromatic nitrogens is 2. The first-order chi connectivity index (χ1) is 19.6. The normalized spacial score (nSPS) is 10.9. The van der Waals surface area contributed by atoms with Crippen molar-refractivity contribution in [1.82, 2.24) is 15.1 Å². The molecule has 200 valence electrons. The number of rotatable bonds is 10. The zero-order valence-electron chi connectivity index (χ0n) is 22.6. The molecule has 0 bridgehead atoms. The first-order valence-corrected chi connectivity index (χ1v) is 13.1. The van der Waals surface area contributed by atoms with E-state index in [-0.39, 0.29) is 5.91 Å². The maximum atomic E-state index is 12.8. The van der Waals surface area contributed by atoms with Crippen molar-refractivity contribution in [3.63, 3.8) is 0 Å². The molecule has 0 fully saturated rings. The second kappa shape index (κ2) is 12.6. The molecule has 40 heavy (non-hydrogen) atoms. The summed E-state index contributed by atoms with van der Waals surface area (Å²) in [5, 5.41) is 7.82. The molecule has 4 aromatic carbocycles. The number of hydrogen-bond acceptors (Lipinski definition) is 4. The van der Waals surface area contributed by atoms with E-state index >= 15 is 0 Å². The minimum absolute atomic E-state index is 0.194. The molecule has 1 aromatic heterocycles. The van der Waals surface area contributed by atoms with Crippen LogP contribution in [0.4, 0.5) is 0 Å². The van der Waals surface area contributed by atoms with Crippen LogP contribution >= 0.6 is 0 Å². The lowest BCUT2D eigenvalue weighted by molar-refractivity contribution is -0.116. The van der Waals surface area contributed by atoms with Gasteiger partial charge in [-0.3, -0.25) is 4.79 Å². The summed E-state index contributed by atoms with van der Waals surface area (Å²) >= 11 is 0. The maximum Gasteiger partial charge on any atom is 0.244 e. The van der Waals surface area contributed by atoms with Gasteiger partial charge >= 0.3 is 0 Å². The Bertz CT molecular complexity index is 1610. The number of hydrogen-bond donors (Lipinski definition) is 1. The summed E-state index contributed by atoms with van der Waals surface area (Å²) < 4.78 is 13.4. The molecule has 5 aromatic rings. The summed E-state index contributed by atoms with van der Waals surface area (Å²) in [7, 11) is 1.64. The Kier molecular flexibility index (Phi) is 8.37. The van der Waals surface area contributed by atoms with Gasteiger partial charge in [-0.25, -0.2) is 4.68 Å². The first kappa shape index (κ1) is 26.5. The van der Waals surface area contributed by atoms with Gasteiger partial charge in [-0.1, -0.05) is 72.8 Å². The Hall–Kier alpha value is -5.10. The Morgan fingerprint density at radius 2 is 1.60 bits per heavy atom. The largest absolute Gasteiger partial charge is 0.496 e. The standard InChI is InChI=1S/C34H31N3O3/c1-25-11-9-10-16-31(25)40-24-28-21-26(17-19-32(28)39-2)18-20-33(38)35-22-29-23-37(30-14-7-4-8-15-30)36-34(29)27-12-5-3-6-13-27/h3-21,23H,22,24H2,1-2H3,(H,35,38)/b20-18+. The summed E-state index contributed by atoms with van der Waals surface area (Å²) in [6.45, 7) is 2.72. The minimum Gasteiger partial charge on any atom is -0.496 e. The predicted molar refractivity (Wildman–Crippen MR) is 158 cm³/mol. The van der Waals surface area contributed by atoms with E-state index in [1.807, 2.05) is 121 Å². The molecule has 0 atom stereocenters. The summed E-state index contributed by atoms with van der Waals surface area (Å²) in [6.07, 6.45) is 5.29. The number of nitrogens with zero attached hydrogens (tertiary/aromatic N) is 2. The van der Waals surface area contributed by atoms with Gasteiger partial charge in [0.25, 0.3) is 0 Å². The number of para-hydroxylation sites is 2. The zero-order chi connectivity index (χ0) is 27.7. The van der Waals surface area contributed by atoms with E-state index in [0.717, 1.165) is 50.7 Å². The van der Waals surface area contributed by atoms with Crippen LogP contribution in [0.3, 0.4) is 0 Å². The average molecular weight is 530 g/mol. The van der Waals surface area contributed by atoms with E-state index in [9.17, 15) is 4.79 Å². The number of nitrogens with one attached hydrogen (secondary N) is 1. The maximum absolute atomic E-state index is 12.8. The summed E-state index contributed by atoms with van der Waals surface area (Å²) in [4.78, 5) is 12.8. The van der Waals surface area contributed by atoms with Crippen LogP contribution in [0.2, 0.25) is 0 Å². The summed E-state index contributed by atoms with van der Waals surface area (Å²) in [6, 6.07) is 33.6. The molecule has 6 nitrogen and oxygen atoms in total. The molecule has 5 rings (SSSR count). The number of aryl methyl sites for hydroxylation is 1. The Labute approximate surface area is 234 Å². The topological polar surface area (TPSA) is 65.4 Å². The molecule has 0 radical (unpaired) electrons. The fraction of sp³-hybridized carbons (Fsp3) is 0.118. The number of ether oxygens (including phenoxy) is 2. The van der Waals surface area contributed by atoms with Gasteiger partial charge in [0.15, 0.2) is 0 Å². The third kappa shape index (κ3) is 6.48. The molecule has 0 aliphatic rings. The molecule has 1 amide bonds. The average Bonchev–Trinajstić information content (AvgIpc) is 3.44. The van der Waals surface area contributed by atoms with E-state index < -0.39 is 0 Å². The summed E-state index contributed by atoms with van der Waals surface area (Å²) in [5.41, 5.74) is 6.56. The van der Waals surface area contributed by atoms with Crippen molar-refractivity contribution in [1.29, 1.82) is 0 Å². The first-order valence-electron chi connectivity index (χ1n) is 13.1. The van der Waals surface area contributed by atoms with Crippen LogP contribution in [0.5, 0.6) is 11.5 Å². The van der Waals surface area contributed by atoms with Gasteiger partial charge < -0.3 is 14.8 Å². The highest BCUT2D eigenvalue weighted by molar-refractivity contribution is 5.91. The number of benzene rings is 4. The van der Waals surface area contributed by atoms with Gasteiger partial charge in [0.2, 0.25) is 5.91 Å². The van der Waals surface area contributed by atoms with Crippen molar-refractivity contribution < 1.29 is 14.3 Å². The van der Waals surface area contributed by atoms with Crippen LogP contribution in [0.25, 0.3) is 23.0 Å². The second-order valence-electron chi connectivity index (χ2n) is 9.33. The van der Waals surface area contributed by atoms with Crippen molar-refractivity contribution >= 4 is 12.0 Å². The van der Waals surface area contributed by atoms with Crippen molar-refractivity contribution in [2.45, 2.75) is 20.1 Å². The monoisotopic (exact) mass is 529 g/mol. The third-order valence-corrected chi connectivity index (χ3v) is 6.52. The summed E-state index contributed by atoms with van der Waals surface area (Å²) in [5.74, 6) is 1.37. The second-order valence-corrected chi connectivity index (χ2v) is 9.33. The molecule has 1 heterocycles. The minimum atomic E-state index is -0.194. The van der Waals surface area contributed by atoms with Crippen molar-refractivity contribution in [3.05, 3.63) is 138 Å². The Morgan fingerprint density at radius 1 is 0.875 bits per heavy atom. The van der Waals surface area contributed by atoms with E-state index in [1.54, 1.807) is 13.2 Å². The quantitative estimate of drug-likeness (QED) is 0.203. The van der Waals surface area contributed by atoms with Gasteiger partial charge in [0.05, 0.1) is 18.5 Å². The molecule has 0 saturated heterocycles. The van der Waals surface area contributed by atoms with Crippen molar-refractivity contribution in [2.24, 2.45) is 0 Å². The molecular formula is C34H31N3O3. The van der Waals surface area contributed by atoms with Crippen LogP contribution in [-0.2, 0) is 17.9 Å². The molecule has 0 saturated carbocycles. The van der Waals surface area contributed by atoms with E-state index in [2.05, 4.69) is 5.32 Å².